The first kappa shape index (κ1) is 9.35. The molecule has 0 saturated carbocycles. The quantitative estimate of drug-likeness (QED) is 0.627. The smallest absolute Gasteiger partial charge is 0.138 e. The Hall–Kier alpha value is -0.740. The van der Waals surface area contributed by atoms with Gasteiger partial charge in [0.1, 0.15) is 5.82 Å². The van der Waals surface area contributed by atoms with E-state index in [1.807, 2.05) is 0 Å². The second kappa shape index (κ2) is 3.33. The predicted octanol–water partition coefficient (Wildman–Crippen LogP) is 1.68. The molecular weight excluding hydrogens is 179 g/mol. The predicted molar refractivity (Wildman–Crippen MR) is 43.1 cm³/mol. The Morgan fingerprint density at radius 2 is 1.83 bits per heavy atom. The van der Waals surface area contributed by atoms with Crippen molar-refractivity contribution in [3.05, 3.63) is 29.1 Å². The summed E-state index contributed by atoms with van der Waals surface area (Å²) < 4.78 is 33.8. The van der Waals surface area contributed by atoms with Crippen molar-refractivity contribution in [2.75, 3.05) is 0 Å². The lowest BCUT2D eigenvalue weighted by atomic mass is 10.1. The van der Waals surface area contributed by atoms with Crippen molar-refractivity contribution in [1.82, 2.24) is 0 Å². The summed E-state index contributed by atoms with van der Waals surface area (Å²) in [6.07, 6.45) is 0. The minimum atomic E-state index is -2.48. The molecule has 0 aliphatic rings. The molecule has 4 heteroatoms. The third-order valence-electron chi connectivity index (χ3n) is 1.73. The van der Waals surface area contributed by atoms with Gasteiger partial charge in [-0.05, 0) is 48.2 Å². The third-order valence-corrected chi connectivity index (χ3v) is 2.40. The van der Waals surface area contributed by atoms with Gasteiger partial charge in [-0.25, -0.2) is 4.39 Å². The van der Waals surface area contributed by atoms with Gasteiger partial charge < -0.3 is 4.55 Å². The molecule has 0 aliphatic heterocycles. The van der Waals surface area contributed by atoms with Crippen LogP contribution in [0, 0.1) is 19.7 Å². The first-order valence-electron chi connectivity index (χ1n) is 3.38. The highest BCUT2D eigenvalue weighted by Gasteiger charge is 2.04. The molecule has 0 spiro atoms. The molecule has 0 aliphatic carbocycles. The number of benzene rings is 1. The van der Waals surface area contributed by atoms with E-state index in [9.17, 15) is 13.2 Å². The summed E-state index contributed by atoms with van der Waals surface area (Å²) in [6.45, 7) is 3.47. The van der Waals surface area contributed by atoms with E-state index in [1.54, 1.807) is 13.8 Å². The summed E-state index contributed by atoms with van der Waals surface area (Å²) in [5.41, 5.74) is 1.53. The average Bonchev–Trinajstić information content (AvgIpc) is 1.96. The van der Waals surface area contributed by atoms with E-state index < -0.39 is 16.9 Å². The van der Waals surface area contributed by atoms with Gasteiger partial charge in [-0.2, -0.15) is 0 Å². The van der Waals surface area contributed by atoms with Gasteiger partial charge in [0.25, 0.3) is 0 Å². The molecule has 2 nitrogen and oxygen atoms in total. The molecule has 0 bridgehead atoms. The Labute approximate surface area is 72.7 Å². The van der Waals surface area contributed by atoms with Crippen molar-refractivity contribution < 1.29 is 13.2 Å². The van der Waals surface area contributed by atoms with E-state index in [1.165, 1.54) is 12.1 Å². The number of hydrogen-bond donors (Lipinski definition) is 0. The van der Waals surface area contributed by atoms with Gasteiger partial charge in [-0.15, -0.1) is 0 Å². The zero-order chi connectivity index (χ0) is 9.30. The molecule has 0 saturated heterocycles. The lowest BCUT2D eigenvalue weighted by Gasteiger charge is -2.08. The maximum Gasteiger partial charge on any atom is 0.138 e. The summed E-state index contributed by atoms with van der Waals surface area (Å²) >= 11 is -2.48. The summed E-state index contributed by atoms with van der Waals surface area (Å²) in [5, 5.41) is 0. The van der Waals surface area contributed by atoms with Gasteiger partial charge in [0, 0.05) is 0 Å². The minimum absolute atomic E-state index is 0.266. The normalized spacial score (nSPS) is 13.0. The molecule has 0 radical (unpaired) electrons. The molecule has 0 heterocycles. The molecule has 0 N–H and O–H groups in total. The largest absolute Gasteiger partial charge is 0.768 e. The number of halogens is 1. The van der Waals surface area contributed by atoms with Crippen LogP contribution in [-0.2, 0) is 11.1 Å². The number of aryl methyl sites for hydroxylation is 2. The van der Waals surface area contributed by atoms with Crippen molar-refractivity contribution in [3.63, 3.8) is 0 Å². The first-order valence-corrected chi connectivity index (χ1v) is 4.46. The van der Waals surface area contributed by atoms with Crippen LogP contribution < -0.4 is 0 Å². The first-order chi connectivity index (χ1) is 5.52. The van der Waals surface area contributed by atoms with Crippen LogP contribution in [0.5, 0.6) is 0 Å². The van der Waals surface area contributed by atoms with E-state index >= 15 is 0 Å². The van der Waals surface area contributed by atoms with E-state index in [0.717, 1.165) is 11.1 Å². The Balaban J connectivity index is 3.33. The second-order valence-electron chi connectivity index (χ2n) is 2.60. The number of hydrogen-bond acceptors (Lipinski definition) is 2. The highest BCUT2D eigenvalue weighted by Crippen LogP contribution is 2.16. The van der Waals surface area contributed by atoms with Crippen LogP contribution in [-0.4, -0.2) is 8.76 Å². The van der Waals surface area contributed by atoms with E-state index in [4.69, 9.17) is 0 Å². The molecule has 12 heavy (non-hydrogen) atoms. The molecule has 0 aromatic heterocycles. The Morgan fingerprint density at radius 1 is 1.33 bits per heavy atom. The fourth-order valence-electron chi connectivity index (χ4n) is 0.882. The van der Waals surface area contributed by atoms with Crippen molar-refractivity contribution in [3.8, 4) is 0 Å². The fraction of sp³-hybridized carbons (Fsp3) is 0.250. The van der Waals surface area contributed by atoms with Crippen LogP contribution in [0.4, 0.5) is 4.39 Å². The molecule has 0 amide bonds. The van der Waals surface area contributed by atoms with Crippen LogP contribution in [0.1, 0.15) is 11.1 Å². The van der Waals surface area contributed by atoms with Gasteiger partial charge in [-0.3, -0.25) is 4.21 Å². The van der Waals surface area contributed by atoms with Crippen LogP contribution in [0.15, 0.2) is 17.0 Å². The van der Waals surface area contributed by atoms with Crippen LogP contribution in [0.25, 0.3) is 0 Å². The maximum atomic E-state index is 12.9. The van der Waals surface area contributed by atoms with Gasteiger partial charge in [0.15, 0.2) is 0 Å². The van der Waals surface area contributed by atoms with E-state index in [-0.39, 0.29) is 4.90 Å². The monoisotopic (exact) mass is 187 g/mol. The lowest BCUT2D eigenvalue weighted by Crippen LogP contribution is -1.96. The molecule has 1 aromatic carbocycles. The van der Waals surface area contributed by atoms with Gasteiger partial charge in [0.05, 0.1) is 4.90 Å². The maximum absolute atomic E-state index is 12.9. The van der Waals surface area contributed by atoms with Crippen molar-refractivity contribution >= 4 is 11.1 Å². The van der Waals surface area contributed by atoms with Gasteiger partial charge >= 0.3 is 0 Å². The topological polar surface area (TPSA) is 40.1 Å². The summed E-state index contributed by atoms with van der Waals surface area (Å²) in [4.78, 5) is -0.266. The van der Waals surface area contributed by atoms with Gasteiger partial charge in [-0.1, -0.05) is 0 Å². The Kier molecular flexibility index (Phi) is 2.59. The molecule has 1 unspecified atom stereocenters. The third kappa shape index (κ3) is 1.70. The molecule has 66 valence electrons. The summed E-state index contributed by atoms with van der Waals surface area (Å²) in [5.74, 6) is -0.688. The van der Waals surface area contributed by atoms with Crippen molar-refractivity contribution in [2.45, 2.75) is 18.7 Å². The van der Waals surface area contributed by atoms with Crippen LogP contribution in [0.2, 0.25) is 0 Å². The van der Waals surface area contributed by atoms with Crippen LogP contribution >= 0.6 is 0 Å². The molecular formula is C8H8FO2S-. The highest BCUT2D eigenvalue weighted by atomic mass is 32.2. The summed E-state index contributed by atoms with van der Waals surface area (Å²) in [7, 11) is 0. The molecule has 1 aromatic rings. The Morgan fingerprint density at radius 3 is 2.33 bits per heavy atom. The zero-order valence-electron chi connectivity index (χ0n) is 6.76. The molecule has 1 rings (SSSR count). The fourth-order valence-corrected chi connectivity index (χ4v) is 1.37. The van der Waals surface area contributed by atoms with Crippen LogP contribution in [0.3, 0.4) is 0 Å². The van der Waals surface area contributed by atoms with E-state index in [0.29, 0.717) is 0 Å². The standard InChI is InChI=1S/C8H9FO2S/c1-5-3-7(9)8(12(10)11)4-6(5)2/h3-4H,1-2H3,(H,10,11)/p-1. The minimum Gasteiger partial charge on any atom is -0.768 e. The van der Waals surface area contributed by atoms with Gasteiger partial charge in [0.2, 0.25) is 0 Å². The Bertz CT molecular complexity index is 336. The average molecular weight is 187 g/mol. The molecule has 0 fully saturated rings. The zero-order valence-corrected chi connectivity index (χ0v) is 7.57. The lowest BCUT2D eigenvalue weighted by molar-refractivity contribution is 0.522. The SMILES string of the molecule is Cc1cc(F)c(S(=O)[O-])cc1C. The summed E-state index contributed by atoms with van der Waals surface area (Å²) in [6, 6.07) is 2.55. The van der Waals surface area contributed by atoms with Crippen molar-refractivity contribution in [1.29, 1.82) is 0 Å². The van der Waals surface area contributed by atoms with Crippen molar-refractivity contribution in [2.24, 2.45) is 0 Å². The second-order valence-corrected chi connectivity index (χ2v) is 3.51. The molecule has 1 atom stereocenters. The van der Waals surface area contributed by atoms with E-state index in [2.05, 4.69) is 0 Å². The number of rotatable bonds is 1. The highest BCUT2D eigenvalue weighted by molar-refractivity contribution is 7.79.